The van der Waals surface area contributed by atoms with Crippen LogP contribution < -0.4 is 5.32 Å². The molecule has 1 N–H and O–H groups in total. The molecule has 106 valence electrons. The molecule has 0 aliphatic heterocycles. The van der Waals surface area contributed by atoms with Crippen LogP contribution in [0.3, 0.4) is 0 Å². The summed E-state index contributed by atoms with van der Waals surface area (Å²) in [5.41, 5.74) is 0.762. The number of rotatable bonds is 5. The first-order chi connectivity index (χ1) is 9.63. The maximum atomic E-state index is 13.1. The molecule has 1 aliphatic carbocycles. The average Bonchev–Trinajstić information content (AvgIpc) is 3.12. The minimum Gasteiger partial charge on any atom is -0.311 e. The van der Waals surface area contributed by atoms with Crippen molar-refractivity contribution in [2.75, 3.05) is 6.54 Å². The first kappa shape index (κ1) is 13.1. The maximum Gasteiger partial charge on any atom is 0.194 e. The Bertz CT molecular complexity index is 599. The molecule has 0 atom stereocenters. The smallest absolute Gasteiger partial charge is 0.194 e. The highest BCUT2D eigenvalue weighted by atomic mass is 19.2. The van der Waals surface area contributed by atoms with Gasteiger partial charge < -0.3 is 5.32 Å². The summed E-state index contributed by atoms with van der Waals surface area (Å²) in [5.74, 6) is -3.22. The van der Waals surface area contributed by atoms with E-state index < -0.39 is 17.5 Å². The van der Waals surface area contributed by atoms with Gasteiger partial charge in [-0.15, -0.1) is 5.10 Å². The Morgan fingerprint density at radius 2 is 1.90 bits per heavy atom. The Morgan fingerprint density at radius 3 is 2.55 bits per heavy atom. The third-order valence-electron chi connectivity index (χ3n) is 3.21. The molecule has 0 unspecified atom stereocenters. The molecule has 0 saturated heterocycles. The number of benzene rings is 1. The molecule has 1 aliphatic rings. The Morgan fingerprint density at radius 1 is 1.20 bits per heavy atom. The Hall–Kier alpha value is -1.89. The summed E-state index contributed by atoms with van der Waals surface area (Å²) in [6.45, 7) is 1.48. The lowest BCUT2D eigenvalue weighted by Gasteiger charge is -2.02. The lowest BCUT2D eigenvalue weighted by atomic mass is 10.3. The van der Waals surface area contributed by atoms with Gasteiger partial charge in [0.2, 0.25) is 0 Å². The molecular weight excluding hydrogens is 269 g/mol. The van der Waals surface area contributed by atoms with Crippen LogP contribution in [0.1, 0.15) is 18.5 Å². The monoisotopic (exact) mass is 282 g/mol. The molecule has 1 heterocycles. The lowest BCUT2D eigenvalue weighted by molar-refractivity contribution is 0.446. The first-order valence-corrected chi connectivity index (χ1v) is 6.40. The number of aromatic nitrogens is 3. The van der Waals surface area contributed by atoms with Crippen LogP contribution >= 0.6 is 0 Å². The number of hydrogen-bond donors (Lipinski definition) is 1. The molecule has 20 heavy (non-hydrogen) atoms. The van der Waals surface area contributed by atoms with Crippen LogP contribution in [0.4, 0.5) is 13.2 Å². The fourth-order valence-corrected chi connectivity index (χ4v) is 1.91. The molecule has 1 aromatic heterocycles. The van der Waals surface area contributed by atoms with Crippen LogP contribution in [0.2, 0.25) is 0 Å². The summed E-state index contributed by atoms with van der Waals surface area (Å²) < 4.78 is 40.4. The zero-order valence-electron chi connectivity index (χ0n) is 10.6. The molecule has 0 bridgehead atoms. The van der Waals surface area contributed by atoms with E-state index >= 15 is 0 Å². The molecule has 0 amide bonds. The number of halogens is 3. The molecule has 1 saturated carbocycles. The third kappa shape index (κ3) is 2.82. The molecular formula is C13H13F3N4. The van der Waals surface area contributed by atoms with E-state index in [-0.39, 0.29) is 5.69 Å². The average molecular weight is 282 g/mol. The Balaban J connectivity index is 1.71. The van der Waals surface area contributed by atoms with Gasteiger partial charge in [0.25, 0.3) is 0 Å². The van der Waals surface area contributed by atoms with Crippen molar-refractivity contribution in [3.8, 4) is 5.69 Å². The summed E-state index contributed by atoms with van der Waals surface area (Å²) in [6, 6.07) is 1.77. The lowest BCUT2D eigenvalue weighted by Crippen LogP contribution is -2.16. The molecule has 3 rings (SSSR count). The summed E-state index contributed by atoms with van der Waals surface area (Å²) in [4.78, 5) is 0. The van der Waals surface area contributed by atoms with Crippen LogP contribution in [-0.4, -0.2) is 21.5 Å². The van der Waals surface area contributed by atoms with Crippen LogP contribution in [0.15, 0.2) is 18.3 Å². The van der Waals surface area contributed by atoms with E-state index in [0.29, 0.717) is 12.2 Å². The zero-order chi connectivity index (χ0) is 14.1. The Kier molecular flexibility index (Phi) is 3.43. The molecule has 2 aromatic rings. The predicted molar refractivity (Wildman–Crippen MR) is 65.7 cm³/mol. The van der Waals surface area contributed by atoms with Crippen molar-refractivity contribution in [1.82, 2.24) is 20.3 Å². The summed E-state index contributed by atoms with van der Waals surface area (Å²) >= 11 is 0. The highest BCUT2D eigenvalue weighted by Gasteiger charge is 2.20. The predicted octanol–water partition coefficient (Wildman–Crippen LogP) is 2.18. The number of hydrogen-bond acceptors (Lipinski definition) is 3. The topological polar surface area (TPSA) is 42.7 Å². The van der Waals surface area contributed by atoms with Gasteiger partial charge in [-0.3, -0.25) is 0 Å². The van der Waals surface area contributed by atoms with Gasteiger partial charge in [-0.1, -0.05) is 5.21 Å². The van der Waals surface area contributed by atoms with Gasteiger partial charge in [0, 0.05) is 18.7 Å². The van der Waals surface area contributed by atoms with E-state index in [0.717, 1.165) is 24.6 Å². The van der Waals surface area contributed by atoms with Crippen molar-refractivity contribution in [3.05, 3.63) is 41.5 Å². The first-order valence-electron chi connectivity index (χ1n) is 6.40. The van der Waals surface area contributed by atoms with Crippen molar-refractivity contribution >= 4 is 0 Å². The highest BCUT2D eigenvalue weighted by Crippen LogP contribution is 2.27. The molecule has 1 fully saturated rings. The van der Waals surface area contributed by atoms with Gasteiger partial charge in [-0.05, 0) is 25.3 Å². The van der Waals surface area contributed by atoms with E-state index in [2.05, 4.69) is 15.6 Å². The molecule has 0 spiro atoms. The van der Waals surface area contributed by atoms with E-state index in [4.69, 9.17) is 0 Å². The second-order valence-electron chi connectivity index (χ2n) is 4.95. The van der Waals surface area contributed by atoms with E-state index in [1.54, 1.807) is 6.20 Å². The molecule has 7 heteroatoms. The Labute approximate surface area is 113 Å². The minimum absolute atomic E-state index is 0.0994. The molecule has 1 aromatic carbocycles. The van der Waals surface area contributed by atoms with Crippen molar-refractivity contribution in [3.63, 3.8) is 0 Å². The fourth-order valence-electron chi connectivity index (χ4n) is 1.91. The fraction of sp³-hybridized carbons (Fsp3) is 0.385. The van der Waals surface area contributed by atoms with Crippen LogP contribution in [0.25, 0.3) is 5.69 Å². The second kappa shape index (κ2) is 5.24. The van der Waals surface area contributed by atoms with Gasteiger partial charge in [-0.25, -0.2) is 17.9 Å². The quantitative estimate of drug-likeness (QED) is 0.855. The summed E-state index contributed by atoms with van der Waals surface area (Å²) in [7, 11) is 0. The van der Waals surface area contributed by atoms with Crippen LogP contribution in [-0.2, 0) is 6.54 Å². The number of nitrogens with one attached hydrogen (secondary N) is 1. The van der Waals surface area contributed by atoms with Gasteiger partial charge >= 0.3 is 0 Å². The second-order valence-corrected chi connectivity index (χ2v) is 4.95. The van der Waals surface area contributed by atoms with Gasteiger partial charge in [-0.2, -0.15) is 0 Å². The largest absolute Gasteiger partial charge is 0.311 e. The zero-order valence-corrected chi connectivity index (χ0v) is 10.6. The molecule has 4 nitrogen and oxygen atoms in total. The molecule has 0 radical (unpaired) electrons. The van der Waals surface area contributed by atoms with Crippen molar-refractivity contribution < 1.29 is 13.2 Å². The van der Waals surface area contributed by atoms with Gasteiger partial charge in [0.05, 0.1) is 17.6 Å². The normalized spacial score (nSPS) is 14.8. The van der Waals surface area contributed by atoms with Crippen LogP contribution in [0.5, 0.6) is 0 Å². The van der Waals surface area contributed by atoms with E-state index in [1.165, 1.54) is 17.5 Å². The van der Waals surface area contributed by atoms with Gasteiger partial charge in [0.1, 0.15) is 0 Å². The SMILES string of the molecule is Fc1cc(-n2cc(CNCC3CC3)nn2)cc(F)c1F. The highest BCUT2D eigenvalue weighted by molar-refractivity contribution is 5.32. The number of nitrogens with zero attached hydrogens (tertiary/aromatic N) is 3. The van der Waals surface area contributed by atoms with Crippen molar-refractivity contribution in [1.29, 1.82) is 0 Å². The maximum absolute atomic E-state index is 13.1. The van der Waals surface area contributed by atoms with Gasteiger partial charge in [0.15, 0.2) is 17.5 Å². The van der Waals surface area contributed by atoms with E-state index in [9.17, 15) is 13.2 Å². The van der Waals surface area contributed by atoms with Crippen LogP contribution in [0, 0.1) is 23.4 Å². The third-order valence-corrected chi connectivity index (χ3v) is 3.21. The van der Waals surface area contributed by atoms with Crippen molar-refractivity contribution in [2.24, 2.45) is 5.92 Å². The summed E-state index contributed by atoms with van der Waals surface area (Å²) in [6.07, 6.45) is 4.08. The van der Waals surface area contributed by atoms with Crippen molar-refractivity contribution in [2.45, 2.75) is 19.4 Å². The minimum atomic E-state index is -1.49. The standard InChI is InChI=1S/C13H13F3N4/c14-11-3-10(4-12(15)13(11)16)20-7-9(18-19-20)6-17-5-8-1-2-8/h3-4,7-8,17H,1-2,5-6H2. The summed E-state index contributed by atoms with van der Waals surface area (Å²) in [5, 5.41) is 10.9. The van der Waals surface area contributed by atoms with E-state index in [1.807, 2.05) is 0 Å².